The lowest BCUT2D eigenvalue weighted by Crippen LogP contribution is -2.40. The first-order valence-corrected chi connectivity index (χ1v) is 9.45. The van der Waals surface area contributed by atoms with Gasteiger partial charge in [-0.2, -0.15) is 0 Å². The van der Waals surface area contributed by atoms with Gasteiger partial charge in [-0.05, 0) is 83.2 Å². The minimum atomic E-state index is -0.162. The van der Waals surface area contributed by atoms with E-state index in [9.17, 15) is 0 Å². The van der Waals surface area contributed by atoms with Gasteiger partial charge in [0.25, 0.3) is 0 Å². The van der Waals surface area contributed by atoms with Crippen LogP contribution in [0.5, 0.6) is 5.75 Å². The van der Waals surface area contributed by atoms with Crippen LogP contribution in [0.3, 0.4) is 0 Å². The van der Waals surface area contributed by atoms with Gasteiger partial charge in [-0.1, -0.05) is 17.2 Å². The van der Waals surface area contributed by atoms with E-state index in [-0.39, 0.29) is 11.1 Å². The van der Waals surface area contributed by atoms with E-state index in [4.69, 9.17) is 4.74 Å². The van der Waals surface area contributed by atoms with Crippen LogP contribution >= 0.6 is 0 Å². The summed E-state index contributed by atoms with van der Waals surface area (Å²) in [6.07, 6.45) is 0. The molecule has 0 saturated carbocycles. The van der Waals surface area contributed by atoms with E-state index in [1.807, 2.05) is 24.3 Å². The van der Waals surface area contributed by atoms with Crippen LogP contribution in [0.1, 0.15) is 41.5 Å². The maximum absolute atomic E-state index is 5.18. The predicted octanol–water partition coefficient (Wildman–Crippen LogP) is 5.56. The topological polar surface area (TPSA) is 56.2 Å². The molecule has 0 aliphatic heterocycles. The van der Waals surface area contributed by atoms with E-state index in [1.54, 1.807) is 7.11 Å². The molecule has 0 atom stereocenters. The molecule has 0 N–H and O–H groups in total. The van der Waals surface area contributed by atoms with Crippen molar-refractivity contribution in [1.29, 1.82) is 0 Å². The number of hydrogen-bond donors (Lipinski definition) is 0. The molecule has 148 valence electrons. The van der Waals surface area contributed by atoms with Crippen LogP contribution in [0.15, 0.2) is 64.0 Å². The Bertz CT molecular complexity index is 1000. The molecule has 0 spiro atoms. The first-order chi connectivity index (χ1) is 13.1. The van der Waals surface area contributed by atoms with Crippen molar-refractivity contribution in [2.24, 2.45) is 15.4 Å². The fourth-order valence-corrected chi connectivity index (χ4v) is 3.33. The molecule has 28 heavy (non-hydrogen) atoms. The molecule has 0 unspecified atom stereocenters. The number of para-hydroxylation sites is 2. The Morgan fingerprint density at radius 2 is 1.25 bits per heavy atom. The SMILES string of the molecule is COc1ccc(N=NN=c2n(C(C)(C)C)c3ccccc3n2C(C)(C)C)cc1. The third kappa shape index (κ3) is 3.86. The fourth-order valence-electron chi connectivity index (χ4n) is 3.33. The van der Waals surface area contributed by atoms with E-state index in [0.717, 1.165) is 28.1 Å². The van der Waals surface area contributed by atoms with Crippen molar-refractivity contribution >= 4 is 16.7 Å². The monoisotopic (exact) mass is 379 g/mol. The molecule has 0 aliphatic carbocycles. The number of hydrogen-bond acceptors (Lipinski definition) is 3. The van der Waals surface area contributed by atoms with Gasteiger partial charge in [-0.15, -0.1) is 5.11 Å². The Morgan fingerprint density at radius 1 is 0.750 bits per heavy atom. The van der Waals surface area contributed by atoms with Gasteiger partial charge in [0, 0.05) is 11.1 Å². The molecular formula is C22H29N5O. The van der Waals surface area contributed by atoms with Crippen molar-refractivity contribution < 1.29 is 4.74 Å². The molecule has 1 heterocycles. The van der Waals surface area contributed by atoms with Crippen LogP contribution < -0.4 is 10.4 Å². The van der Waals surface area contributed by atoms with E-state index in [2.05, 4.69) is 90.4 Å². The van der Waals surface area contributed by atoms with Gasteiger partial charge < -0.3 is 13.9 Å². The van der Waals surface area contributed by atoms with Crippen molar-refractivity contribution in [1.82, 2.24) is 9.13 Å². The summed E-state index contributed by atoms with van der Waals surface area (Å²) >= 11 is 0. The van der Waals surface area contributed by atoms with E-state index >= 15 is 0 Å². The number of methoxy groups -OCH3 is 1. The summed E-state index contributed by atoms with van der Waals surface area (Å²) in [7, 11) is 1.64. The van der Waals surface area contributed by atoms with Crippen LogP contribution in [0.25, 0.3) is 11.0 Å². The minimum Gasteiger partial charge on any atom is -0.497 e. The average Bonchev–Trinajstić information content (AvgIpc) is 2.96. The van der Waals surface area contributed by atoms with Crippen molar-refractivity contribution in [3.05, 3.63) is 54.1 Å². The molecule has 3 aromatic rings. The zero-order valence-electron chi connectivity index (χ0n) is 17.8. The highest BCUT2D eigenvalue weighted by atomic mass is 16.5. The lowest BCUT2D eigenvalue weighted by atomic mass is 10.1. The first-order valence-electron chi connectivity index (χ1n) is 9.45. The fraction of sp³-hybridized carbons (Fsp3) is 0.409. The molecule has 1 aromatic heterocycles. The Labute approximate surface area is 166 Å². The highest BCUT2D eigenvalue weighted by Crippen LogP contribution is 2.25. The van der Waals surface area contributed by atoms with Gasteiger partial charge in [0.05, 0.1) is 23.8 Å². The number of imidazole rings is 1. The lowest BCUT2D eigenvalue weighted by molar-refractivity contribution is 0.342. The molecular weight excluding hydrogens is 350 g/mol. The zero-order valence-corrected chi connectivity index (χ0v) is 17.8. The maximum Gasteiger partial charge on any atom is 0.233 e. The smallest absolute Gasteiger partial charge is 0.233 e. The van der Waals surface area contributed by atoms with Crippen LogP contribution in [0.2, 0.25) is 0 Å². The van der Waals surface area contributed by atoms with Gasteiger partial charge in [-0.25, -0.2) is 0 Å². The summed E-state index contributed by atoms with van der Waals surface area (Å²) in [4.78, 5) is 0. The molecule has 2 aromatic carbocycles. The number of aromatic nitrogens is 2. The molecule has 6 heteroatoms. The maximum atomic E-state index is 5.18. The molecule has 0 amide bonds. The molecule has 3 rings (SSSR count). The third-order valence-electron chi connectivity index (χ3n) is 4.47. The number of benzene rings is 2. The predicted molar refractivity (Wildman–Crippen MR) is 113 cm³/mol. The number of ether oxygens (including phenoxy) is 1. The summed E-state index contributed by atoms with van der Waals surface area (Å²) in [6.45, 7) is 13.0. The largest absolute Gasteiger partial charge is 0.497 e. The van der Waals surface area contributed by atoms with Crippen LogP contribution in [0.4, 0.5) is 5.69 Å². The van der Waals surface area contributed by atoms with Crippen LogP contribution in [-0.2, 0) is 11.1 Å². The second kappa shape index (κ2) is 7.26. The van der Waals surface area contributed by atoms with Crippen LogP contribution in [-0.4, -0.2) is 16.2 Å². The zero-order chi connectivity index (χ0) is 20.5. The standard InChI is InChI=1S/C22H29N5O/c1-21(2,3)26-18-10-8-9-11-19(18)27(22(4,5)6)20(26)24-25-23-16-12-14-17(28-7)15-13-16/h8-15H,1-7H3. The second-order valence-electron chi connectivity index (χ2n) is 8.79. The highest BCUT2D eigenvalue weighted by Gasteiger charge is 2.26. The quantitative estimate of drug-likeness (QED) is 0.434. The van der Waals surface area contributed by atoms with Crippen LogP contribution in [0, 0.1) is 0 Å². The number of rotatable bonds is 3. The summed E-state index contributed by atoms with van der Waals surface area (Å²) in [5.41, 5.74) is 3.44. The summed E-state index contributed by atoms with van der Waals surface area (Å²) < 4.78 is 9.63. The van der Waals surface area contributed by atoms with Crippen molar-refractivity contribution in [2.45, 2.75) is 52.6 Å². The minimum absolute atomic E-state index is 0.162. The van der Waals surface area contributed by atoms with Gasteiger partial charge >= 0.3 is 0 Å². The normalized spacial score (nSPS) is 12.7. The summed E-state index contributed by atoms with van der Waals surface area (Å²) in [5, 5.41) is 13.0. The van der Waals surface area contributed by atoms with E-state index in [1.165, 1.54) is 0 Å². The Balaban J connectivity index is 2.22. The van der Waals surface area contributed by atoms with Gasteiger partial charge in [0.15, 0.2) is 0 Å². The van der Waals surface area contributed by atoms with Gasteiger partial charge in [-0.3, -0.25) is 0 Å². The number of nitrogens with zero attached hydrogens (tertiary/aromatic N) is 5. The summed E-state index contributed by atoms with van der Waals surface area (Å²) in [6, 6.07) is 15.8. The van der Waals surface area contributed by atoms with E-state index < -0.39 is 0 Å². The Hall–Kier alpha value is -2.89. The Kier molecular flexibility index (Phi) is 5.15. The lowest BCUT2D eigenvalue weighted by Gasteiger charge is -2.24. The number of fused-ring (bicyclic) bond motifs is 1. The molecule has 0 fully saturated rings. The molecule has 0 radical (unpaired) electrons. The second-order valence-corrected chi connectivity index (χ2v) is 8.79. The third-order valence-corrected chi connectivity index (χ3v) is 4.47. The summed E-state index contributed by atoms with van der Waals surface area (Å²) in [5.74, 6) is 0.786. The Morgan fingerprint density at radius 3 is 1.68 bits per heavy atom. The first kappa shape index (κ1) is 19.9. The van der Waals surface area contributed by atoms with Gasteiger partial charge in [0.1, 0.15) is 5.75 Å². The van der Waals surface area contributed by atoms with Crippen molar-refractivity contribution in [3.8, 4) is 5.75 Å². The van der Waals surface area contributed by atoms with Crippen molar-refractivity contribution in [2.75, 3.05) is 7.11 Å². The van der Waals surface area contributed by atoms with Crippen molar-refractivity contribution in [3.63, 3.8) is 0 Å². The molecule has 6 nitrogen and oxygen atoms in total. The molecule has 0 saturated heterocycles. The average molecular weight is 380 g/mol. The molecule has 0 bridgehead atoms. The highest BCUT2D eigenvalue weighted by molar-refractivity contribution is 5.76. The van der Waals surface area contributed by atoms with Gasteiger partial charge in [0.2, 0.25) is 5.62 Å². The van der Waals surface area contributed by atoms with E-state index in [0.29, 0.717) is 0 Å². The molecule has 0 aliphatic rings.